The predicted molar refractivity (Wildman–Crippen MR) is 105 cm³/mol. The molecule has 4 rings (SSSR count). The molecule has 1 aliphatic heterocycles. The van der Waals surface area contributed by atoms with E-state index in [-0.39, 0.29) is 17.9 Å². The molecule has 7 heteroatoms. The summed E-state index contributed by atoms with van der Waals surface area (Å²) in [4.78, 5) is 33.3. The van der Waals surface area contributed by atoms with Gasteiger partial charge in [-0.2, -0.15) is 5.10 Å². The lowest BCUT2D eigenvalue weighted by Crippen LogP contribution is -2.57. The highest BCUT2D eigenvalue weighted by molar-refractivity contribution is 5.93. The summed E-state index contributed by atoms with van der Waals surface area (Å²) < 4.78 is 1.59. The molecule has 1 fully saturated rings. The summed E-state index contributed by atoms with van der Waals surface area (Å²) in [5.41, 5.74) is 2.12. The number of carbonyl (C=O) groups excluding carboxylic acids is 2. The van der Waals surface area contributed by atoms with Crippen molar-refractivity contribution in [2.45, 2.75) is 12.5 Å². The van der Waals surface area contributed by atoms with E-state index in [1.807, 2.05) is 36.4 Å². The van der Waals surface area contributed by atoms with Gasteiger partial charge < -0.3 is 9.80 Å². The molecular formula is C21H21N5O2. The lowest BCUT2D eigenvalue weighted by Gasteiger charge is -2.41. The van der Waals surface area contributed by atoms with Crippen LogP contribution in [0.5, 0.6) is 0 Å². The second-order valence-corrected chi connectivity index (χ2v) is 6.78. The molecule has 1 aliphatic rings. The van der Waals surface area contributed by atoms with Crippen LogP contribution in [-0.4, -0.2) is 61.9 Å². The number of fused-ring (bicyclic) bond motifs is 1. The molecule has 0 radical (unpaired) electrons. The van der Waals surface area contributed by atoms with Gasteiger partial charge in [0.1, 0.15) is 5.69 Å². The number of nitrogens with zero attached hydrogens (tertiary/aromatic N) is 5. The molecule has 1 aromatic carbocycles. The van der Waals surface area contributed by atoms with E-state index >= 15 is 0 Å². The van der Waals surface area contributed by atoms with Gasteiger partial charge in [-0.25, -0.2) is 9.50 Å². The molecule has 0 unspecified atom stereocenters. The van der Waals surface area contributed by atoms with E-state index in [0.717, 1.165) is 5.56 Å². The van der Waals surface area contributed by atoms with Crippen molar-refractivity contribution in [3.05, 3.63) is 78.8 Å². The fraction of sp³-hybridized carbons (Fsp3) is 0.238. The van der Waals surface area contributed by atoms with Crippen molar-refractivity contribution in [1.29, 1.82) is 0 Å². The number of rotatable bonds is 4. The summed E-state index contributed by atoms with van der Waals surface area (Å²) in [6, 6.07) is 13.5. The van der Waals surface area contributed by atoms with Crippen LogP contribution in [-0.2, 0) is 11.2 Å². The van der Waals surface area contributed by atoms with Gasteiger partial charge in [0.25, 0.3) is 5.91 Å². The average Bonchev–Trinajstić information content (AvgIpc) is 3.17. The Morgan fingerprint density at radius 3 is 2.71 bits per heavy atom. The van der Waals surface area contributed by atoms with E-state index in [9.17, 15) is 9.59 Å². The van der Waals surface area contributed by atoms with Crippen LogP contribution >= 0.6 is 0 Å². The van der Waals surface area contributed by atoms with Crippen LogP contribution in [0.2, 0.25) is 0 Å². The maximum Gasteiger partial charge on any atom is 0.274 e. The molecule has 1 atom stereocenters. The topological polar surface area (TPSA) is 70.8 Å². The number of amides is 2. The van der Waals surface area contributed by atoms with Crippen molar-refractivity contribution in [2.24, 2.45) is 0 Å². The van der Waals surface area contributed by atoms with Gasteiger partial charge in [-0.1, -0.05) is 36.9 Å². The zero-order valence-electron chi connectivity index (χ0n) is 15.4. The quantitative estimate of drug-likeness (QED) is 0.652. The first-order valence-electron chi connectivity index (χ1n) is 9.22. The first-order chi connectivity index (χ1) is 13.7. The monoisotopic (exact) mass is 375 g/mol. The number of hydrogen-bond acceptors (Lipinski definition) is 4. The summed E-state index contributed by atoms with van der Waals surface area (Å²) in [7, 11) is 0. The van der Waals surface area contributed by atoms with Crippen LogP contribution in [0.25, 0.3) is 5.65 Å². The van der Waals surface area contributed by atoms with Crippen molar-refractivity contribution in [3.8, 4) is 0 Å². The molecule has 0 aliphatic carbocycles. The van der Waals surface area contributed by atoms with Gasteiger partial charge in [-0.15, -0.1) is 0 Å². The Morgan fingerprint density at radius 2 is 1.96 bits per heavy atom. The van der Waals surface area contributed by atoms with Crippen LogP contribution < -0.4 is 0 Å². The molecule has 28 heavy (non-hydrogen) atoms. The van der Waals surface area contributed by atoms with Crippen molar-refractivity contribution < 1.29 is 9.59 Å². The number of piperazine rings is 1. The Morgan fingerprint density at radius 1 is 1.14 bits per heavy atom. The lowest BCUT2D eigenvalue weighted by molar-refractivity contribution is -0.130. The summed E-state index contributed by atoms with van der Waals surface area (Å²) in [6.07, 6.45) is 5.31. The molecule has 3 heterocycles. The lowest BCUT2D eigenvalue weighted by atomic mass is 10.0. The summed E-state index contributed by atoms with van der Waals surface area (Å²) in [6.45, 7) is 5.00. The molecule has 2 amide bonds. The van der Waals surface area contributed by atoms with Gasteiger partial charge in [0.15, 0.2) is 5.65 Å². The Bertz CT molecular complexity index is 981. The van der Waals surface area contributed by atoms with E-state index in [1.165, 1.54) is 6.08 Å². The van der Waals surface area contributed by atoms with E-state index in [1.54, 1.807) is 32.8 Å². The third kappa shape index (κ3) is 3.51. The summed E-state index contributed by atoms with van der Waals surface area (Å²) in [5.74, 6) is -0.251. The third-order valence-electron chi connectivity index (χ3n) is 5.00. The smallest absolute Gasteiger partial charge is 0.274 e. The van der Waals surface area contributed by atoms with Crippen LogP contribution in [0.15, 0.2) is 67.5 Å². The zero-order valence-corrected chi connectivity index (χ0v) is 15.4. The predicted octanol–water partition coefficient (Wildman–Crippen LogP) is 1.81. The molecule has 0 N–H and O–H groups in total. The van der Waals surface area contributed by atoms with Gasteiger partial charge in [0.2, 0.25) is 5.91 Å². The minimum atomic E-state index is -0.144. The second-order valence-electron chi connectivity index (χ2n) is 6.78. The maximum absolute atomic E-state index is 13.0. The minimum Gasteiger partial charge on any atom is -0.333 e. The Labute approximate surface area is 162 Å². The molecule has 0 bridgehead atoms. The van der Waals surface area contributed by atoms with E-state index in [2.05, 4.69) is 16.7 Å². The highest BCUT2D eigenvalue weighted by Gasteiger charge is 2.32. The normalized spacial score (nSPS) is 16.9. The van der Waals surface area contributed by atoms with Gasteiger partial charge in [0.05, 0.1) is 12.2 Å². The average molecular weight is 375 g/mol. The van der Waals surface area contributed by atoms with E-state index < -0.39 is 0 Å². The van der Waals surface area contributed by atoms with Crippen molar-refractivity contribution >= 4 is 17.5 Å². The fourth-order valence-electron chi connectivity index (χ4n) is 3.60. The summed E-state index contributed by atoms with van der Waals surface area (Å²) in [5, 5.41) is 4.17. The Hall–Kier alpha value is -3.48. The van der Waals surface area contributed by atoms with Crippen molar-refractivity contribution in [3.63, 3.8) is 0 Å². The van der Waals surface area contributed by atoms with Crippen LogP contribution in [0.4, 0.5) is 0 Å². The largest absolute Gasteiger partial charge is 0.333 e. The van der Waals surface area contributed by atoms with E-state index in [4.69, 9.17) is 0 Å². The molecule has 0 spiro atoms. The highest BCUT2D eigenvalue weighted by atomic mass is 16.2. The number of hydrogen-bond donors (Lipinski definition) is 0. The zero-order chi connectivity index (χ0) is 19.5. The first kappa shape index (κ1) is 17.9. The molecule has 3 aromatic rings. The Balaban J connectivity index is 1.56. The highest BCUT2D eigenvalue weighted by Crippen LogP contribution is 2.18. The number of aromatic nitrogens is 3. The molecule has 7 nitrogen and oxygen atoms in total. The molecule has 1 saturated heterocycles. The van der Waals surface area contributed by atoms with Crippen molar-refractivity contribution in [2.75, 3.05) is 19.6 Å². The van der Waals surface area contributed by atoms with Crippen LogP contribution in [0, 0.1) is 0 Å². The van der Waals surface area contributed by atoms with Gasteiger partial charge in [-0.05, 0) is 30.2 Å². The van der Waals surface area contributed by atoms with E-state index in [0.29, 0.717) is 37.4 Å². The number of benzene rings is 1. The number of carbonyl (C=O) groups is 2. The SMILES string of the molecule is C=CC(=O)N1CCN(C(=O)c2cn3ncccc3n2)C[C@@H]1Cc1ccccc1. The third-order valence-corrected chi connectivity index (χ3v) is 5.00. The second kappa shape index (κ2) is 7.64. The van der Waals surface area contributed by atoms with Crippen LogP contribution in [0.3, 0.4) is 0 Å². The molecule has 142 valence electrons. The molecule has 2 aromatic heterocycles. The van der Waals surface area contributed by atoms with Gasteiger partial charge in [0, 0.05) is 25.8 Å². The first-order valence-corrected chi connectivity index (χ1v) is 9.22. The maximum atomic E-state index is 13.0. The Kier molecular flexibility index (Phi) is 4.89. The summed E-state index contributed by atoms with van der Waals surface area (Å²) >= 11 is 0. The minimum absolute atomic E-state index is 0.107. The standard InChI is InChI=1S/C21H21N5O2/c1-2-20(27)25-12-11-24(14-17(25)13-16-7-4-3-5-8-16)21(28)18-15-26-19(23-18)9-6-10-22-26/h2-10,15,17H,1,11-14H2/t17-/m0/s1. The fourth-order valence-corrected chi connectivity index (χ4v) is 3.60. The van der Waals surface area contributed by atoms with Crippen LogP contribution in [0.1, 0.15) is 16.1 Å². The van der Waals surface area contributed by atoms with Gasteiger partial charge in [-0.3, -0.25) is 9.59 Å². The molecular weight excluding hydrogens is 354 g/mol. The van der Waals surface area contributed by atoms with Gasteiger partial charge >= 0.3 is 0 Å². The number of imidazole rings is 1. The van der Waals surface area contributed by atoms with Crippen molar-refractivity contribution in [1.82, 2.24) is 24.4 Å². The molecule has 0 saturated carbocycles.